The SMILES string of the molecule is CN(C)c1cc(NC(=O)NCc2ccccc2)c(O)c2c1C[C@@]1(N)C[C@@]3(N)[C@H](N(C)C)C(=O)C(C(N)=O)C(=O)[C@@]3(C#N)C(=O)C1C2=O. The summed E-state index contributed by atoms with van der Waals surface area (Å²) in [5.41, 5.74) is 13.2. The molecule has 15 nitrogen and oxygen atoms in total. The lowest BCUT2D eigenvalue weighted by Crippen LogP contribution is -2.85. The Bertz CT molecular complexity index is 1790. The molecule has 0 spiro atoms. The van der Waals surface area contributed by atoms with Crippen LogP contribution in [0.25, 0.3) is 0 Å². The normalized spacial score (nSPS) is 29.7. The maximum atomic E-state index is 14.6. The van der Waals surface area contributed by atoms with Crippen molar-refractivity contribution in [3.05, 3.63) is 53.1 Å². The Labute approximate surface area is 270 Å². The second-order valence-corrected chi connectivity index (χ2v) is 13.0. The number of urea groups is 1. The number of amides is 3. The molecule has 6 atom stereocenters. The number of phenols is 1. The van der Waals surface area contributed by atoms with Crippen LogP contribution in [0.2, 0.25) is 0 Å². The van der Waals surface area contributed by atoms with Crippen molar-refractivity contribution in [2.45, 2.75) is 36.5 Å². The van der Waals surface area contributed by atoms with Crippen molar-refractivity contribution >= 4 is 46.4 Å². The number of hydrogen-bond donors (Lipinski definition) is 6. The first kappa shape index (κ1) is 33.2. The number of aromatic hydroxyl groups is 1. The number of nitrogens with two attached hydrogens (primary N) is 3. The molecule has 15 heteroatoms. The molecule has 47 heavy (non-hydrogen) atoms. The molecule has 2 saturated carbocycles. The van der Waals surface area contributed by atoms with Gasteiger partial charge < -0.3 is 37.8 Å². The first-order valence-corrected chi connectivity index (χ1v) is 14.7. The third-order valence-corrected chi connectivity index (χ3v) is 9.59. The number of hydrogen-bond acceptors (Lipinski definition) is 12. The largest absolute Gasteiger partial charge is 0.505 e. The van der Waals surface area contributed by atoms with Gasteiger partial charge in [0.25, 0.3) is 0 Å². The number of nitrogens with one attached hydrogen (secondary N) is 2. The summed E-state index contributed by atoms with van der Waals surface area (Å²) in [4.78, 5) is 84.6. The minimum Gasteiger partial charge on any atom is -0.505 e. The first-order valence-electron chi connectivity index (χ1n) is 14.7. The van der Waals surface area contributed by atoms with Crippen LogP contribution in [0, 0.1) is 28.6 Å². The number of carbonyl (C=O) groups excluding carboxylic acids is 6. The van der Waals surface area contributed by atoms with E-state index in [9.17, 15) is 39.1 Å². The lowest BCUT2D eigenvalue weighted by Gasteiger charge is -2.60. The zero-order valence-electron chi connectivity index (χ0n) is 26.3. The lowest BCUT2D eigenvalue weighted by atomic mass is 9.42. The summed E-state index contributed by atoms with van der Waals surface area (Å²) >= 11 is 0. The molecule has 0 aliphatic heterocycles. The quantitative estimate of drug-likeness (QED) is 0.167. The van der Waals surface area contributed by atoms with E-state index in [1.807, 2.05) is 30.3 Å². The van der Waals surface area contributed by atoms with Crippen LogP contribution >= 0.6 is 0 Å². The van der Waals surface area contributed by atoms with Gasteiger partial charge >= 0.3 is 6.03 Å². The average molecular weight is 645 g/mol. The van der Waals surface area contributed by atoms with E-state index < -0.39 is 81.6 Å². The molecule has 0 heterocycles. The van der Waals surface area contributed by atoms with Gasteiger partial charge in [-0.05, 0) is 44.1 Å². The van der Waals surface area contributed by atoms with E-state index in [1.54, 1.807) is 25.1 Å². The Kier molecular flexibility index (Phi) is 7.96. The smallest absolute Gasteiger partial charge is 0.319 e. The zero-order chi connectivity index (χ0) is 34.8. The number of Topliss-reactive ketones (excluding diaryl/α,β-unsaturated/α-hetero) is 4. The summed E-state index contributed by atoms with van der Waals surface area (Å²) in [6.07, 6.45) is -0.773. The molecule has 3 aliphatic rings. The second kappa shape index (κ2) is 11.3. The van der Waals surface area contributed by atoms with Gasteiger partial charge in [-0.25, -0.2) is 4.79 Å². The summed E-state index contributed by atoms with van der Waals surface area (Å²) in [6.45, 7) is 0.165. The Morgan fingerprint density at radius 3 is 2.26 bits per heavy atom. The summed E-state index contributed by atoms with van der Waals surface area (Å²) in [5.74, 6) is -10.8. The van der Waals surface area contributed by atoms with Crippen molar-refractivity contribution in [3.8, 4) is 11.8 Å². The lowest BCUT2D eigenvalue weighted by molar-refractivity contribution is -0.166. The van der Waals surface area contributed by atoms with Gasteiger partial charge in [0.1, 0.15) is 11.7 Å². The summed E-state index contributed by atoms with van der Waals surface area (Å²) in [6, 6.07) is 9.99. The average Bonchev–Trinajstić information content (AvgIpc) is 2.96. The summed E-state index contributed by atoms with van der Waals surface area (Å²) < 4.78 is 0. The van der Waals surface area contributed by atoms with E-state index in [0.717, 1.165) is 5.56 Å². The molecule has 0 saturated heterocycles. The van der Waals surface area contributed by atoms with Crippen LogP contribution < -0.4 is 32.7 Å². The van der Waals surface area contributed by atoms with E-state index in [4.69, 9.17) is 17.2 Å². The molecule has 3 amide bonds. The fourth-order valence-electron chi connectivity index (χ4n) is 7.69. The monoisotopic (exact) mass is 644 g/mol. The molecule has 0 radical (unpaired) electrons. The molecule has 0 bridgehead atoms. The number of nitrogens with zero attached hydrogens (tertiary/aromatic N) is 3. The minimum atomic E-state index is -2.86. The van der Waals surface area contributed by atoms with Gasteiger partial charge in [-0.3, -0.25) is 28.9 Å². The van der Waals surface area contributed by atoms with Crippen molar-refractivity contribution in [2.75, 3.05) is 38.4 Å². The van der Waals surface area contributed by atoms with Gasteiger partial charge in [0.15, 0.2) is 34.5 Å². The number of primary amides is 1. The van der Waals surface area contributed by atoms with Gasteiger partial charge in [0.05, 0.1) is 28.9 Å². The highest BCUT2D eigenvalue weighted by atomic mass is 16.3. The van der Waals surface area contributed by atoms with Gasteiger partial charge in [-0.2, -0.15) is 5.26 Å². The Balaban J connectivity index is 1.64. The van der Waals surface area contributed by atoms with E-state index in [0.29, 0.717) is 5.69 Å². The maximum absolute atomic E-state index is 14.6. The highest BCUT2D eigenvalue weighted by Gasteiger charge is 2.78. The van der Waals surface area contributed by atoms with Crippen molar-refractivity contribution in [1.82, 2.24) is 10.2 Å². The van der Waals surface area contributed by atoms with Gasteiger partial charge in [-0.1, -0.05) is 30.3 Å². The van der Waals surface area contributed by atoms with Crippen molar-refractivity contribution in [2.24, 2.45) is 34.5 Å². The number of benzene rings is 2. The number of carbonyl (C=O) groups is 6. The molecule has 2 fully saturated rings. The molecular formula is C32H36N8O7. The minimum absolute atomic E-state index is 0.150. The Morgan fingerprint density at radius 1 is 1.06 bits per heavy atom. The standard InChI is InChI=1S/C32H36N8O7/c1-39(2)18-10-17(38-29(47)37-12-15-8-6-5-7-9-15)22(41)19-16(18)11-30(35)13-32(36)25(40(3)4)24(43)20(28(34)46)26(44)31(32,14-33)27(45)21(30)23(19)42/h5-10,20-21,25,41H,11-13,35-36H2,1-4H3,(H2,34,46)(H2,37,38,47)/t20?,21?,25-,30-,31+,32-/m1/s1. The topological polar surface area (TPSA) is 255 Å². The molecule has 3 aliphatic carbocycles. The number of likely N-dealkylation sites (N-methyl/N-ethyl adjacent to an activating group) is 1. The number of ketones is 4. The molecule has 9 N–H and O–H groups in total. The number of rotatable bonds is 6. The van der Waals surface area contributed by atoms with Crippen LogP contribution in [0.5, 0.6) is 5.75 Å². The van der Waals surface area contributed by atoms with Gasteiger partial charge in [0.2, 0.25) is 5.91 Å². The highest BCUT2D eigenvalue weighted by Crippen LogP contribution is 2.57. The Hall–Kier alpha value is -5.17. The molecule has 5 rings (SSSR count). The van der Waals surface area contributed by atoms with E-state index in [2.05, 4.69) is 10.6 Å². The molecule has 2 aromatic rings. The van der Waals surface area contributed by atoms with E-state index in [-0.39, 0.29) is 29.8 Å². The highest BCUT2D eigenvalue weighted by molar-refractivity contribution is 6.33. The van der Waals surface area contributed by atoms with E-state index >= 15 is 0 Å². The van der Waals surface area contributed by atoms with Crippen LogP contribution in [0.4, 0.5) is 16.2 Å². The van der Waals surface area contributed by atoms with Gasteiger partial charge in [-0.15, -0.1) is 0 Å². The van der Waals surface area contributed by atoms with Crippen molar-refractivity contribution in [1.29, 1.82) is 5.26 Å². The molecule has 246 valence electrons. The Morgan fingerprint density at radius 2 is 1.70 bits per heavy atom. The van der Waals surface area contributed by atoms with E-state index in [1.165, 1.54) is 25.1 Å². The number of anilines is 2. The predicted molar refractivity (Wildman–Crippen MR) is 168 cm³/mol. The van der Waals surface area contributed by atoms with Crippen LogP contribution in [0.1, 0.15) is 27.9 Å². The fraction of sp³-hybridized carbons (Fsp3) is 0.406. The maximum Gasteiger partial charge on any atom is 0.319 e. The number of nitriles is 1. The van der Waals surface area contributed by atoms with Crippen molar-refractivity contribution < 1.29 is 33.9 Å². The van der Waals surface area contributed by atoms with Crippen LogP contribution in [-0.4, -0.2) is 90.4 Å². The first-order chi connectivity index (χ1) is 22.0. The molecule has 2 aromatic carbocycles. The van der Waals surface area contributed by atoms with Crippen LogP contribution in [0.3, 0.4) is 0 Å². The predicted octanol–water partition coefficient (Wildman–Crippen LogP) is -0.804. The summed E-state index contributed by atoms with van der Waals surface area (Å²) in [7, 11) is 6.18. The fourth-order valence-corrected chi connectivity index (χ4v) is 7.69. The molecule has 0 aromatic heterocycles. The number of phenolic OH excluding ortho intramolecular Hbond substituents is 1. The van der Waals surface area contributed by atoms with Crippen LogP contribution in [-0.2, 0) is 32.1 Å². The van der Waals surface area contributed by atoms with Crippen molar-refractivity contribution in [3.63, 3.8) is 0 Å². The third-order valence-electron chi connectivity index (χ3n) is 9.59. The third kappa shape index (κ3) is 4.67. The molecule has 2 unspecified atom stereocenters. The van der Waals surface area contributed by atoms with Crippen LogP contribution in [0.15, 0.2) is 36.4 Å². The second-order valence-electron chi connectivity index (χ2n) is 13.0. The summed E-state index contributed by atoms with van der Waals surface area (Å²) in [5, 5.41) is 27.2. The number of fused-ring (bicyclic) bond motifs is 3. The van der Waals surface area contributed by atoms with Gasteiger partial charge in [0, 0.05) is 31.9 Å². The molecular weight excluding hydrogens is 608 g/mol. The zero-order valence-corrected chi connectivity index (χ0v) is 26.3.